The largest absolute Gasteiger partial charge is 0.380 e. The maximum absolute atomic E-state index is 6.16. The number of nitrogens with one attached hydrogen (secondary N) is 1. The van der Waals surface area contributed by atoms with Gasteiger partial charge in [-0.2, -0.15) is 0 Å². The predicted octanol–water partition coefficient (Wildman–Crippen LogP) is 3.89. The number of benzene rings is 1. The van der Waals surface area contributed by atoms with Crippen molar-refractivity contribution in [3.05, 3.63) is 28.2 Å². The number of rotatable bonds is 3. The van der Waals surface area contributed by atoms with E-state index >= 15 is 0 Å². The number of halogens is 2. The van der Waals surface area contributed by atoms with Crippen molar-refractivity contribution in [3.8, 4) is 0 Å². The molecule has 17 heavy (non-hydrogen) atoms. The number of nitrogens with zero attached hydrogens (tertiary/aromatic N) is 1. The van der Waals surface area contributed by atoms with Gasteiger partial charge in [-0.1, -0.05) is 29.3 Å². The lowest BCUT2D eigenvalue weighted by molar-refractivity contribution is 0.274. The van der Waals surface area contributed by atoms with Gasteiger partial charge in [-0.3, -0.25) is 4.90 Å². The first-order valence-corrected chi connectivity index (χ1v) is 6.78. The summed E-state index contributed by atoms with van der Waals surface area (Å²) in [6.45, 7) is 6.68. The molecule has 1 aliphatic heterocycles. The van der Waals surface area contributed by atoms with Gasteiger partial charge >= 0.3 is 0 Å². The van der Waals surface area contributed by atoms with E-state index in [1.165, 1.54) is 0 Å². The summed E-state index contributed by atoms with van der Waals surface area (Å²) in [5.74, 6) is 0. The van der Waals surface area contributed by atoms with Gasteiger partial charge in [0.15, 0.2) is 0 Å². The van der Waals surface area contributed by atoms with Crippen LogP contribution in [-0.4, -0.2) is 30.1 Å². The highest BCUT2D eigenvalue weighted by atomic mass is 35.5. The highest BCUT2D eigenvalue weighted by Gasteiger charge is 2.24. The Hall–Kier alpha value is -0.440. The Bertz CT molecular complexity index is 393. The summed E-state index contributed by atoms with van der Waals surface area (Å²) >= 11 is 12.2. The molecule has 1 N–H and O–H groups in total. The summed E-state index contributed by atoms with van der Waals surface area (Å²) in [4.78, 5) is 2.47. The van der Waals surface area contributed by atoms with Gasteiger partial charge in [0.1, 0.15) is 0 Å². The van der Waals surface area contributed by atoms with Crippen molar-refractivity contribution in [1.29, 1.82) is 0 Å². The van der Waals surface area contributed by atoms with Crippen LogP contribution in [0, 0.1) is 0 Å². The molecule has 1 fully saturated rings. The highest BCUT2D eigenvalue weighted by molar-refractivity contribution is 6.43. The molecule has 1 aliphatic rings. The minimum atomic E-state index is 0.466. The summed E-state index contributed by atoms with van der Waals surface area (Å²) in [5, 5.41) is 4.71. The number of hydrogen-bond acceptors (Lipinski definition) is 2. The first-order valence-electron chi connectivity index (χ1n) is 6.02. The van der Waals surface area contributed by atoms with Crippen LogP contribution in [0.2, 0.25) is 10.0 Å². The molecular formula is C13H18Cl2N2. The van der Waals surface area contributed by atoms with Crippen LogP contribution in [-0.2, 0) is 0 Å². The van der Waals surface area contributed by atoms with Crippen molar-refractivity contribution in [2.24, 2.45) is 0 Å². The van der Waals surface area contributed by atoms with Crippen molar-refractivity contribution in [1.82, 2.24) is 4.90 Å². The fraction of sp³-hybridized carbons (Fsp3) is 0.538. The molecule has 0 spiro atoms. The van der Waals surface area contributed by atoms with E-state index in [1.807, 2.05) is 18.2 Å². The Morgan fingerprint density at radius 1 is 1.35 bits per heavy atom. The lowest BCUT2D eigenvalue weighted by Crippen LogP contribution is -2.31. The van der Waals surface area contributed by atoms with Crippen molar-refractivity contribution in [3.63, 3.8) is 0 Å². The first kappa shape index (κ1) is 13.0. The minimum absolute atomic E-state index is 0.466. The first-order chi connectivity index (χ1) is 8.08. The van der Waals surface area contributed by atoms with Gasteiger partial charge in [-0.05, 0) is 32.4 Å². The van der Waals surface area contributed by atoms with E-state index in [4.69, 9.17) is 23.2 Å². The van der Waals surface area contributed by atoms with Gasteiger partial charge in [-0.15, -0.1) is 0 Å². The van der Waals surface area contributed by atoms with Gasteiger partial charge in [-0.25, -0.2) is 0 Å². The Kier molecular flexibility index (Phi) is 4.18. The smallest absolute Gasteiger partial charge is 0.0823 e. The lowest BCUT2D eigenvalue weighted by Gasteiger charge is -2.21. The van der Waals surface area contributed by atoms with Gasteiger partial charge in [0.05, 0.1) is 15.7 Å². The van der Waals surface area contributed by atoms with E-state index in [1.54, 1.807) is 0 Å². The third kappa shape index (κ3) is 3.06. The molecule has 0 bridgehead atoms. The van der Waals surface area contributed by atoms with E-state index in [0.717, 1.165) is 25.2 Å². The maximum Gasteiger partial charge on any atom is 0.0823 e. The standard InChI is InChI=1S/C13H18Cl2N2/c1-9(2)17-7-6-10(8-17)16-12-5-3-4-11(14)13(12)15/h3-5,9-10,16H,6-8H2,1-2H3. The third-order valence-electron chi connectivity index (χ3n) is 3.26. The van der Waals surface area contributed by atoms with E-state index in [0.29, 0.717) is 22.1 Å². The number of anilines is 1. The van der Waals surface area contributed by atoms with Crippen LogP contribution >= 0.6 is 23.2 Å². The van der Waals surface area contributed by atoms with Gasteiger partial charge in [0.2, 0.25) is 0 Å². The third-order valence-corrected chi connectivity index (χ3v) is 4.08. The molecule has 1 unspecified atom stereocenters. The van der Waals surface area contributed by atoms with Gasteiger partial charge in [0, 0.05) is 25.2 Å². The van der Waals surface area contributed by atoms with E-state index in [9.17, 15) is 0 Å². The van der Waals surface area contributed by atoms with E-state index in [-0.39, 0.29) is 0 Å². The molecule has 0 aromatic heterocycles. The maximum atomic E-state index is 6.16. The molecule has 1 heterocycles. The molecular weight excluding hydrogens is 255 g/mol. The fourth-order valence-corrected chi connectivity index (χ4v) is 2.56. The molecule has 94 valence electrons. The topological polar surface area (TPSA) is 15.3 Å². The van der Waals surface area contributed by atoms with Crippen molar-refractivity contribution < 1.29 is 0 Å². The van der Waals surface area contributed by atoms with Crippen molar-refractivity contribution >= 4 is 28.9 Å². The lowest BCUT2D eigenvalue weighted by atomic mass is 10.2. The zero-order valence-corrected chi connectivity index (χ0v) is 11.7. The molecule has 1 saturated heterocycles. The monoisotopic (exact) mass is 272 g/mol. The molecule has 1 aromatic carbocycles. The van der Waals surface area contributed by atoms with E-state index in [2.05, 4.69) is 24.1 Å². The summed E-state index contributed by atoms with van der Waals surface area (Å²) in [5.41, 5.74) is 0.940. The molecule has 0 aliphatic carbocycles. The van der Waals surface area contributed by atoms with E-state index < -0.39 is 0 Å². The second-order valence-electron chi connectivity index (χ2n) is 4.82. The molecule has 1 aromatic rings. The van der Waals surface area contributed by atoms with Crippen LogP contribution < -0.4 is 5.32 Å². The minimum Gasteiger partial charge on any atom is -0.380 e. The molecule has 2 nitrogen and oxygen atoms in total. The average molecular weight is 273 g/mol. The van der Waals surface area contributed by atoms with Crippen LogP contribution in [0.4, 0.5) is 5.69 Å². The zero-order valence-electron chi connectivity index (χ0n) is 10.2. The van der Waals surface area contributed by atoms with Crippen LogP contribution in [0.1, 0.15) is 20.3 Å². The van der Waals surface area contributed by atoms with Crippen molar-refractivity contribution in [2.75, 3.05) is 18.4 Å². The summed E-state index contributed by atoms with van der Waals surface area (Å²) < 4.78 is 0. The SMILES string of the molecule is CC(C)N1CCC(Nc2cccc(Cl)c2Cl)C1. The molecule has 1 atom stereocenters. The summed E-state index contributed by atoms with van der Waals surface area (Å²) in [7, 11) is 0. The number of hydrogen-bond donors (Lipinski definition) is 1. The Morgan fingerprint density at radius 3 is 2.76 bits per heavy atom. The Balaban J connectivity index is 2.00. The Labute approximate surface area is 113 Å². The highest BCUT2D eigenvalue weighted by Crippen LogP contribution is 2.31. The molecule has 2 rings (SSSR count). The number of likely N-dealkylation sites (tertiary alicyclic amines) is 1. The predicted molar refractivity (Wildman–Crippen MR) is 75.2 cm³/mol. The normalized spacial score (nSPS) is 21.1. The molecule has 0 saturated carbocycles. The second kappa shape index (κ2) is 5.47. The van der Waals surface area contributed by atoms with Crippen LogP contribution in [0.3, 0.4) is 0 Å². The summed E-state index contributed by atoms with van der Waals surface area (Å²) in [6, 6.07) is 6.78. The summed E-state index contributed by atoms with van der Waals surface area (Å²) in [6.07, 6.45) is 1.15. The Morgan fingerprint density at radius 2 is 2.12 bits per heavy atom. The van der Waals surface area contributed by atoms with Crippen LogP contribution in [0.15, 0.2) is 18.2 Å². The molecule has 4 heteroatoms. The fourth-order valence-electron chi connectivity index (χ4n) is 2.21. The second-order valence-corrected chi connectivity index (χ2v) is 5.61. The van der Waals surface area contributed by atoms with Crippen LogP contribution in [0.5, 0.6) is 0 Å². The quantitative estimate of drug-likeness (QED) is 0.898. The average Bonchev–Trinajstić information content (AvgIpc) is 2.73. The molecule has 0 radical (unpaired) electrons. The van der Waals surface area contributed by atoms with Crippen LogP contribution in [0.25, 0.3) is 0 Å². The van der Waals surface area contributed by atoms with Gasteiger partial charge < -0.3 is 5.32 Å². The molecule has 0 amide bonds. The zero-order chi connectivity index (χ0) is 12.4. The van der Waals surface area contributed by atoms with Gasteiger partial charge in [0.25, 0.3) is 0 Å². The van der Waals surface area contributed by atoms with Crippen molar-refractivity contribution in [2.45, 2.75) is 32.4 Å².